The third kappa shape index (κ3) is 4.96. The van der Waals surface area contributed by atoms with Gasteiger partial charge in [0.25, 0.3) is 0 Å². The molecule has 168 valence electrons. The zero-order chi connectivity index (χ0) is 22.7. The lowest BCUT2D eigenvalue weighted by atomic mass is 10.1. The molecule has 0 aliphatic carbocycles. The van der Waals surface area contributed by atoms with Gasteiger partial charge in [0.15, 0.2) is 0 Å². The molecule has 2 saturated heterocycles. The van der Waals surface area contributed by atoms with Gasteiger partial charge in [-0.15, -0.1) is 0 Å². The summed E-state index contributed by atoms with van der Waals surface area (Å²) in [5.74, 6) is 0.220. The van der Waals surface area contributed by atoms with E-state index >= 15 is 0 Å². The van der Waals surface area contributed by atoms with Crippen LogP contribution in [0.25, 0.3) is 0 Å². The Morgan fingerprint density at radius 3 is 2.62 bits per heavy atom. The van der Waals surface area contributed by atoms with Crippen molar-refractivity contribution in [2.24, 2.45) is 0 Å². The highest BCUT2D eigenvalue weighted by Gasteiger charge is 2.29. The molecule has 4 rings (SSSR count). The summed E-state index contributed by atoms with van der Waals surface area (Å²) >= 11 is 12.4. The molecule has 6 nitrogen and oxygen atoms in total. The van der Waals surface area contributed by atoms with E-state index < -0.39 is 0 Å². The van der Waals surface area contributed by atoms with Gasteiger partial charge in [-0.1, -0.05) is 29.3 Å². The predicted octanol–water partition coefficient (Wildman–Crippen LogP) is 4.44. The average Bonchev–Trinajstić information content (AvgIpc) is 3.33. The predicted molar refractivity (Wildman–Crippen MR) is 129 cm³/mol. The number of carbonyl (C=O) groups is 1. The molecule has 2 aliphatic heterocycles. The molecular formula is C24H27Cl2N5O. The van der Waals surface area contributed by atoms with Gasteiger partial charge >= 0.3 is 0 Å². The molecule has 0 spiro atoms. The molecule has 0 saturated carbocycles. The van der Waals surface area contributed by atoms with Crippen molar-refractivity contribution < 1.29 is 4.79 Å². The number of nitrogens with zero attached hydrogens (tertiary/aromatic N) is 3. The second-order valence-corrected chi connectivity index (χ2v) is 9.18. The molecule has 2 heterocycles. The zero-order valence-corrected chi connectivity index (χ0v) is 19.6. The molecule has 2 aliphatic rings. The van der Waals surface area contributed by atoms with Gasteiger partial charge in [0, 0.05) is 41.9 Å². The fraction of sp³-hybridized carbons (Fsp3) is 0.417. The summed E-state index contributed by atoms with van der Waals surface area (Å²) in [6, 6.07) is 13.4. The highest BCUT2D eigenvalue weighted by atomic mass is 35.5. The van der Waals surface area contributed by atoms with Crippen LogP contribution in [0, 0.1) is 11.3 Å². The lowest BCUT2D eigenvalue weighted by molar-refractivity contribution is -0.133. The molecule has 2 aromatic carbocycles. The number of nitrogens with one attached hydrogen (secondary N) is 2. The summed E-state index contributed by atoms with van der Waals surface area (Å²) in [6.45, 7) is 5.87. The van der Waals surface area contributed by atoms with Gasteiger partial charge < -0.3 is 20.4 Å². The van der Waals surface area contributed by atoms with Crippen LogP contribution in [0.15, 0.2) is 36.4 Å². The Kier molecular flexibility index (Phi) is 7.10. The van der Waals surface area contributed by atoms with Crippen molar-refractivity contribution in [3.05, 3.63) is 57.6 Å². The molecule has 8 heteroatoms. The number of nitriles is 1. The summed E-state index contributed by atoms with van der Waals surface area (Å²) in [4.78, 5) is 16.9. The lowest BCUT2D eigenvalue weighted by Crippen LogP contribution is -2.53. The van der Waals surface area contributed by atoms with E-state index in [9.17, 15) is 10.1 Å². The molecule has 2 aromatic rings. The second kappa shape index (κ2) is 9.99. The second-order valence-electron chi connectivity index (χ2n) is 8.33. The van der Waals surface area contributed by atoms with Crippen molar-refractivity contribution in [2.75, 3.05) is 42.9 Å². The van der Waals surface area contributed by atoms with Crippen molar-refractivity contribution in [3.63, 3.8) is 0 Å². The molecule has 0 radical (unpaired) electrons. The molecule has 0 bridgehead atoms. The lowest BCUT2D eigenvalue weighted by Gasteiger charge is -2.37. The van der Waals surface area contributed by atoms with Crippen LogP contribution in [-0.4, -0.2) is 49.6 Å². The molecular weight excluding hydrogens is 445 g/mol. The molecule has 32 heavy (non-hydrogen) atoms. The first-order chi connectivity index (χ1) is 15.5. The van der Waals surface area contributed by atoms with Crippen molar-refractivity contribution >= 4 is 40.5 Å². The first-order valence-corrected chi connectivity index (χ1v) is 11.7. The van der Waals surface area contributed by atoms with E-state index in [4.69, 9.17) is 23.2 Å². The average molecular weight is 472 g/mol. The highest BCUT2D eigenvalue weighted by molar-refractivity contribution is 6.35. The number of hydrogen-bond acceptors (Lipinski definition) is 5. The van der Waals surface area contributed by atoms with E-state index in [2.05, 4.69) is 21.6 Å². The number of anilines is 2. The molecule has 0 aromatic heterocycles. The SMILES string of the molecule is C[C@@H](Nc1cc(N2CCN(C(=O)[C@H]3CCCN3)CC2)ccc1C#N)c1ccc(Cl)cc1Cl. The van der Waals surface area contributed by atoms with Crippen LogP contribution in [-0.2, 0) is 4.79 Å². The monoisotopic (exact) mass is 471 g/mol. The third-order valence-electron chi connectivity index (χ3n) is 6.24. The van der Waals surface area contributed by atoms with Gasteiger partial charge in [-0.05, 0) is 62.2 Å². The van der Waals surface area contributed by atoms with E-state index in [1.165, 1.54) is 0 Å². The quantitative estimate of drug-likeness (QED) is 0.674. The minimum atomic E-state index is -0.101. The zero-order valence-electron chi connectivity index (χ0n) is 18.1. The van der Waals surface area contributed by atoms with Crippen LogP contribution in [0.5, 0.6) is 0 Å². The van der Waals surface area contributed by atoms with E-state index in [0.717, 1.165) is 49.4 Å². The van der Waals surface area contributed by atoms with Crippen LogP contribution in [0.3, 0.4) is 0 Å². The number of amides is 1. The fourth-order valence-corrected chi connectivity index (χ4v) is 4.98. The topological polar surface area (TPSA) is 71.4 Å². The van der Waals surface area contributed by atoms with E-state index in [1.807, 2.05) is 42.2 Å². The van der Waals surface area contributed by atoms with E-state index in [-0.39, 0.29) is 18.0 Å². The maximum atomic E-state index is 12.7. The van der Waals surface area contributed by atoms with Gasteiger partial charge in [-0.2, -0.15) is 5.26 Å². The minimum Gasteiger partial charge on any atom is -0.377 e. The van der Waals surface area contributed by atoms with Crippen molar-refractivity contribution in [3.8, 4) is 6.07 Å². The maximum Gasteiger partial charge on any atom is 0.239 e. The van der Waals surface area contributed by atoms with Crippen LogP contribution in [0.2, 0.25) is 10.0 Å². The van der Waals surface area contributed by atoms with Gasteiger partial charge in [-0.3, -0.25) is 4.79 Å². The number of hydrogen-bond donors (Lipinski definition) is 2. The molecule has 0 unspecified atom stereocenters. The Hall–Kier alpha value is -2.46. The molecule has 1 amide bonds. The third-order valence-corrected chi connectivity index (χ3v) is 6.80. The number of carbonyl (C=O) groups excluding carboxylic acids is 1. The Balaban J connectivity index is 1.45. The molecule has 2 fully saturated rings. The number of rotatable bonds is 5. The number of halogens is 2. The van der Waals surface area contributed by atoms with Crippen LogP contribution >= 0.6 is 23.2 Å². The number of benzene rings is 2. The first kappa shape index (κ1) is 22.7. The summed E-state index contributed by atoms with van der Waals surface area (Å²) < 4.78 is 0. The maximum absolute atomic E-state index is 12.7. The number of piperazine rings is 1. The summed E-state index contributed by atoms with van der Waals surface area (Å²) in [5, 5.41) is 17.5. The molecule has 2 atom stereocenters. The Bertz CT molecular complexity index is 1020. The van der Waals surface area contributed by atoms with Crippen LogP contribution in [0.1, 0.15) is 36.9 Å². The normalized spacial score (nSPS) is 19.5. The Labute approximate surface area is 199 Å². The largest absolute Gasteiger partial charge is 0.377 e. The van der Waals surface area contributed by atoms with Crippen molar-refractivity contribution in [1.29, 1.82) is 5.26 Å². The highest BCUT2D eigenvalue weighted by Crippen LogP contribution is 2.31. The minimum absolute atomic E-state index is 0.0200. The van der Waals surface area contributed by atoms with Gasteiger partial charge in [0.2, 0.25) is 5.91 Å². The van der Waals surface area contributed by atoms with Gasteiger partial charge in [0.05, 0.1) is 23.3 Å². The van der Waals surface area contributed by atoms with E-state index in [0.29, 0.717) is 28.7 Å². The Morgan fingerprint density at radius 1 is 1.19 bits per heavy atom. The Morgan fingerprint density at radius 2 is 1.97 bits per heavy atom. The first-order valence-electron chi connectivity index (χ1n) is 11.0. The smallest absolute Gasteiger partial charge is 0.239 e. The van der Waals surface area contributed by atoms with Gasteiger partial charge in [0.1, 0.15) is 6.07 Å². The van der Waals surface area contributed by atoms with Crippen molar-refractivity contribution in [2.45, 2.75) is 31.8 Å². The standard InChI is InChI=1S/C24H27Cl2N5O/c1-16(20-7-5-18(25)13-21(20)26)29-23-14-19(6-4-17(23)15-27)30-9-11-31(12-10-30)24(32)22-3-2-8-28-22/h4-7,13-14,16,22,28-29H,2-3,8-12H2,1H3/t16-,22-/m1/s1. The van der Waals surface area contributed by atoms with Gasteiger partial charge in [-0.25, -0.2) is 0 Å². The fourth-order valence-electron chi connectivity index (χ4n) is 4.41. The summed E-state index contributed by atoms with van der Waals surface area (Å²) in [6.07, 6.45) is 2.00. The van der Waals surface area contributed by atoms with Crippen LogP contribution in [0.4, 0.5) is 11.4 Å². The summed E-state index contributed by atoms with van der Waals surface area (Å²) in [7, 11) is 0. The van der Waals surface area contributed by atoms with Crippen molar-refractivity contribution in [1.82, 2.24) is 10.2 Å². The summed E-state index contributed by atoms with van der Waals surface area (Å²) in [5.41, 5.74) is 3.29. The molecule has 2 N–H and O–H groups in total. The van der Waals surface area contributed by atoms with Crippen LogP contribution < -0.4 is 15.5 Å². The van der Waals surface area contributed by atoms with E-state index in [1.54, 1.807) is 6.07 Å².